The third-order valence-corrected chi connectivity index (χ3v) is 4.84. The topological polar surface area (TPSA) is 216 Å². The molecule has 0 saturated carbocycles. The van der Waals surface area contributed by atoms with Crippen molar-refractivity contribution in [3.63, 3.8) is 0 Å². The first-order chi connectivity index (χ1) is 13.6. The minimum absolute atomic E-state index is 0.180. The first-order valence-corrected chi connectivity index (χ1v) is 9.11. The van der Waals surface area contributed by atoms with Crippen LogP contribution in [-0.4, -0.2) is 121 Å². The van der Waals surface area contributed by atoms with Crippen molar-refractivity contribution >= 4 is 5.97 Å². The van der Waals surface area contributed by atoms with Crippen LogP contribution in [0.4, 0.5) is 0 Å². The Balaban J connectivity index is 2.46. The second kappa shape index (κ2) is 9.45. The van der Waals surface area contributed by atoms with Crippen molar-refractivity contribution in [2.24, 2.45) is 0 Å². The molecule has 2 aliphatic rings. The smallest absolute Gasteiger partial charge is 0.362 e. The van der Waals surface area contributed by atoms with E-state index in [4.69, 9.17) is 18.9 Å². The van der Waals surface area contributed by atoms with Gasteiger partial charge in [0, 0.05) is 6.42 Å². The summed E-state index contributed by atoms with van der Waals surface area (Å²) in [7, 11) is 0. The van der Waals surface area contributed by atoms with Crippen LogP contribution in [0, 0.1) is 0 Å². The molecule has 0 spiro atoms. The lowest BCUT2D eigenvalue weighted by molar-refractivity contribution is -0.498. The predicted molar refractivity (Wildman–Crippen MR) is 88.6 cm³/mol. The van der Waals surface area contributed by atoms with Crippen LogP contribution in [0.5, 0.6) is 0 Å². The summed E-state index contributed by atoms with van der Waals surface area (Å²) in [6, 6.07) is 0. The molecule has 2 fully saturated rings. The number of rotatable bonds is 8. The summed E-state index contributed by atoms with van der Waals surface area (Å²) in [5.74, 6) is -6.47. The van der Waals surface area contributed by atoms with E-state index in [1.807, 2.05) is 0 Å². The van der Waals surface area contributed by atoms with Crippen LogP contribution in [0.1, 0.15) is 19.8 Å². The molecule has 0 aromatic rings. The quantitative estimate of drug-likeness (QED) is 0.135. The Morgan fingerprint density at radius 3 is 1.97 bits per heavy atom. The van der Waals surface area contributed by atoms with Crippen molar-refractivity contribution in [3.8, 4) is 0 Å². The highest BCUT2D eigenvalue weighted by Gasteiger charge is 2.65. The monoisotopic (exact) mass is 428 g/mol. The molecule has 0 radical (unpaired) electrons. The lowest BCUT2D eigenvalue weighted by Crippen LogP contribution is -2.70. The molecule has 2 aliphatic heterocycles. The van der Waals surface area contributed by atoms with Gasteiger partial charge in [-0.1, -0.05) is 6.92 Å². The lowest BCUT2D eigenvalue weighted by atomic mass is 9.97. The molecule has 0 aromatic carbocycles. The number of hydrogen-bond acceptors (Lipinski definition) is 13. The van der Waals surface area contributed by atoms with E-state index in [1.165, 1.54) is 0 Å². The van der Waals surface area contributed by atoms with E-state index in [-0.39, 0.29) is 6.42 Å². The van der Waals surface area contributed by atoms with Gasteiger partial charge in [-0.15, -0.1) is 0 Å². The maximum Gasteiger partial charge on any atom is 0.362 e. The summed E-state index contributed by atoms with van der Waals surface area (Å²) < 4.78 is 20.9. The van der Waals surface area contributed by atoms with Gasteiger partial charge >= 0.3 is 11.9 Å². The van der Waals surface area contributed by atoms with Crippen molar-refractivity contribution in [1.29, 1.82) is 0 Å². The first kappa shape index (κ1) is 24.3. The number of ether oxygens (including phenoxy) is 4. The van der Waals surface area contributed by atoms with E-state index in [0.29, 0.717) is 6.42 Å². The van der Waals surface area contributed by atoms with Crippen LogP contribution in [0.25, 0.3) is 0 Å². The molecule has 13 heteroatoms. The molecule has 9 atom stereocenters. The Morgan fingerprint density at radius 1 is 0.897 bits per heavy atom. The second-order valence-electron chi connectivity index (χ2n) is 6.94. The van der Waals surface area contributed by atoms with Gasteiger partial charge in [-0.25, -0.2) is 0 Å². The maximum absolute atomic E-state index is 12.1. The summed E-state index contributed by atoms with van der Waals surface area (Å²) in [5.41, 5.74) is 0. The van der Waals surface area contributed by atoms with E-state index in [2.05, 4.69) is 0 Å². The van der Waals surface area contributed by atoms with Gasteiger partial charge < -0.3 is 55.1 Å². The highest BCUT2D eigenvalue weighted by atomic mass is 16.9. The molecule has 2 rings (SSSR count). The van der Waals surface area contributed by atoms with Crippen LogP contribution in [0.3, 0.4) is 0 Å². The third-order valence-electron chi connectivity index (χ3n) is 4.84. The van der Waals surface area contributed by atoms with Gasteiger partial charge in [0.1, 0.15) is 43.2 Å². The normalized spacial score (nSPS) is 45.3. The van der Waals surface area contributed by atoms with Crippen molar-refractivity contribution < 1.29 is 64.6 Å². The van der Waals surface area contributed by atoms with Crippen molar-refractivity contribution in [2.75, 3.05) is 19.8 Å². The standard InChI is InChI=1S/C16H28O13/c1-2-3-9(20)28-16(14(25)12(23)10(21)7(4-17)27-16)29-15(6-19)13(24)11(22)8(5-18)26-15/h7-8,10-14,17-19,21-25H,2-6H2,1H3/t7-,8-,10-,11-,12+,13+,14-,15?,16+/m1/s1. The van der Waals surface area contributed by atoms with Crippen LogP contribution >= 0.6 is 0 Å². The van der Waals surface area contributed by atoms with Gasteiger partial charge in [-0.2, -0.15) is 0 Å². The number of hydrogen-bond donors (Lipinski definition) is 8. The highest BCUT2D eigenvalue weighted by molar-refractivity contribution is 5.69. The van der Waals surface area contributed by atoms with Gasteiger partial charge in [0.2, 0.25) is 5.79 Å². The van der Waals surface area contributed by atoms with Gasteiger partial charge in [0.25, 0.3) is 0 Å². The van der Waals surface area contributed by atoms with Gasteiger partial charge in [-0.05, 0) is 6.42 Å². The van der Waals surface area contributed by atoms with Gasteiger partial charge in [0.05, 0.1) is 13.2 Å². The molecule has 170 valence electrons. The Kier molecular flexibility index (Phi) is 7.92. The fourth-order valence-electron chi connectivity index (χ4n) is 3.21. The molecular weight excluding hydrogens is 400 g/mol. The Hall–Kier alpha value is -0.970. The van der Waals surface area contributed by atoms with E-state index in [1.54, 1.807) is 6.92 Å². The zero-order valence-electron chi connectivity index (χ0n) is 15.7. The number of carbonyl (C=O) groups is 1. The first-order valence-electron chi connectivity index (χ1n) is 9.11. The predicted octanol–water partition coefficient (Wildman–Crippen LogP) is -4.72. The average Bonchev–Trinajstić information content (AvgIpc) is 2.94. The van der Waals surface area contributed by atoms with Crippen molar-refractivity contribution in [3.05, 3.63) is 0 Å². The van der Waals surface area contributed by atoms with E-state index in [0.717, 1.165) is 0 Å². The zero-order chi connectivity index (χ0) is 22.0. The summed E-state index contributed by atoms with van der Waals surface area (Å²) >= 11 is 0. The molecular formula is C16H28O13. The van der Waals surface area contributed by atoms with Crippen LogP contribution in [-0.2, 0) is 23.7 Å². The summed E-state index contributed by atoms with van der Waals surface area (Å²) in [5, 5.41) is 79.4. The minimum Gasteiger partial charge on any atom is -0.405 e. The molecule has 0 bridgehead atoms. The van der Waals surface area contributed by atoms with Gasteiger partial charge in [0.15, 0.2) is 6.10 Å². The molecule has 8 N–H and O–H groups in total. The maximum atomic E-state index is 12.1. The molecule has 0 aromatic heterocycles. The summed E-state index contributed by atoms with van der Waals surface area (Å²) in [6.45, 7) is -1.19. The lowest BCUT2D eigenvalue weighted by Gasteiger charge is -2.49. The fraction of sp³-hybridized carbons (Fsp3) is 0.938. The molecule has 1 unspecified atom stereocenters. The van der Waals surface area contributed by atoms with Crippen LogP contribution in [0.2, 0.25) is 0 Å². The van der Waals surface area contributed by atoms with E-state index in [9.17, 15) is 45.6 Å². The fourth-order valence-corrected chi connectivity index (χ4v) is 3.21. The molecule has 0 amide bonds. The van der Waals surface area contributed by atoms with Crippen molar-refractivity contribution in [2.45, 2.75) is 74.3 Å². The van der Waals surface area contributed by atoms with E-state index < -0.39 is 80.3 Å². The summed E-state index contributed by atoms with van der Waals surface area (Å²) in [4.78, 5) is 12.1. The number of aliphatic hydroxyl groups is 8. The molecule has 29 heavy (non-hydrogen) atoms. The Bertz CT molecular complexity index is 559. The molecule has 13 nitrogen and oxygen atoms in total. The summed E-state index contributed by atoms with van der Waals surface area (Å²) in [6.07, 6.45) is -12.7. The van der Waals surface area contributed by atoms with Gasteiger partial charge in [-0.3, -0.25) is 9.53 Å². The zero-order valence-corrected chi connectivity index (χ0v) is 15.7. The molecule has 0 aliphatic carbocycles. The number of carbonyl (C=O) groups excluding carboxylic acids is 1. The Labute approximate surface area is 165 Å². The third kappa shape index (κ3) is 4.40. The van der Waals surface area contributed by atoms with Crippen molar-refractivity contribution in [1.82, 2.24) is 0 Å². The number of aliphatic hydroxyl groups excluding tert-OH is 8. The highest BCUT2D eigenvalue weighted by Crippen LogP contribution is 2.41. The molecule has 2 heterocycles. The average molecular weight is 428 g/mol. The Morgan fingerprint density at radius 2 is 1.48 bits per heavy atom. The largest absolute Gasteiger partial charge is 0.405 e. The number of esters is 1. The minimum atomic E-state index is -2.94. The molecule has 2 saturated heterocycles. The van der Waals surface area contributed by atoms with E-state index >= 15 is 0 Å². The van der Waals surface area contributed by atoms with Crippen LogP contribution in [0.15, 0.2) is 0 Å². The second-order valence-corrected chi connectivity index (χ2v) is 6.94. The SMILES string of the molecule is CCCC(=O)O[C@@]1(OC2(CO)O[C@H](CO)[C@@H](O)[C@@H]2O)O[C@H](CO)[C@@H](O)[C@H](O)[C@H]1O. The van der Waals surface area contributed by atoms with Crippen LogP contribution < -0.4 is 0 Å².